The summed E-state index contributed by atoms with van der Waals surface area (Å²) < 4.78 is 0. The highest BCUT2D eigenvalue weighted by atomic mass is 16.4. The van der Waals surface area contributed by atoms with Crippen molar-refractivity contribution < 1.29 is 9.90 Å². The monoisotopic (exact) mass is 191 g/mol. The Kier molecular flexibility index (Phi) is 2.15. The molecule has 0 saturated carbocycles. The van der Waals surface area contributed by atoms with Crippen LogP contribution in [0.25, 0.3) is 0 Å². The first-order valence-corrected chi connectivity index (χ1v) is 4.70. The molecule has 1 heterocycles. The summed E-state index contributed by atoms with van der Waals surface area (Å²) >= 11 is 0. The van der Waals surface area contributed by atoms with Gasteiger partial charge < -0.3 is 10.0 Å². The van der Waals surface area contributed by atoms with Crippen molar-refractivity contribution in [2.24, 2.45) is 5.92 Å². The smallest absolute Gasteiger partial charge is 0.308 e. The van der Waals surface area contributed by atoms with Crippen LogP contribution >= 0.6 is 0 Å². The average molecular weight is 191 g/mol. The molecule has 0 amide bonds. The molecule has 74 valence electrons. The molecular formula is C11H13NO2. The van der Waals surface area contributed by atoms with Gasteiger partial charge in [-0.1, -0.05) is 18.2 Å². The fraction of sp³-hybridized carbons (Fsp3) is 0.364. The van der Waals surface area contributed by atoms with Gasteiger partial charge in [-0.3, -0.25) is 4.79 Å². The molecular weight excluding hydrogens is 178 g/mol. The number of carbonyl (C=O) groups is 1. The number of benzene rings is 1. The third kappa shape index (κ3) is 1.45. The Hall–Kier alpha value is -1.51. The first-order valence-electron chi connectivity index (χ1n) is 4.70. The van der Waals surface area contributed by atoms with E-state index in [-0.39, 0.29) is 5.92 Å². The predicted octanol–water partition coefficient (Wildman–Crippen LogP) is 1.38. The number of anilines is 1. The van der Waals surface area contributed by atoms with Gasteiger partial charge in [-0.05, 0) is 18.1 Å². The van der Waals surface area contributed by atoms with Crippen LogP contribution < -0.4 is 4.90 Å². The quantitative estimate of drug-likeness (QED) is 0.729. The van der Waals surface area contributed by atoms with E-state index >= 15 is 0 Å². The van der Waals surface area contributed by atoms with Crippen molar-refractivity contribution in [2.45, 2.75) is 6.42 Å². The van der Waals surface area contributed by atoms with Crippen molar-refractivity contribution in [1.29, 1.82) is 0 Å². The Bertz CT molecular complexity index is 362. The summed E-state index contributed by atoms with van der Waals surface area (Å²) in [5.74, 6) is -0.971. The topological polar surface area (TPSA) is 40.5 Å². The molecule has 0 fully saturated rings. The lowest BCUT2D eigenvalue weighted by molar-refractivity contribution is -0.141. The van der Waals surface area contributed by atoms with Gasteiger partial charge in [-0.25, -0.2) is 0 Å². The van der Waals surface area contributed by atoms with E-state index in [0.29, 0.717) is 13.0 Å². The van der Waals surface area contributed by atoms with E-state index in [0.717, 1.165) is 11.3 Å². The summed E-state index contributed by atoms with van der Waals surface area (Å²) in [7, 11) is 1.94. The number of aliphatic carboxylic acids is 1. The Morgan fingerprint density at radius 3 is 2.93 bits per heavy atom. The number of hydrogen-bond donors (Lipinski definition) is 1. The molecule has 0 aliphatic carbocycles. The molecule has 1 aromatic rings. The number of hydrogen-bond acceptors (Lipinski definition) is 2. The third-order valence-corrected chi connectivity index (χ3v) is 2.71. The van der Waals surface area contributed by atoms with Gasteiger partial charge in [0.05, 0.1) is 5.92 Å². The molecule has 1 aromatic carbocycles. The number of rotatable bonds is 1. The summed E-state index contributed by atoms with van der Waals surface area (Å²) in [4.78, 5) is 12.9. The largest absolute Gasteiger partial charge is 0.481 e. The van der Waals surface area contributed by atoms with E-state index in [9.17, 15) is 4.79 Å². The van der Waals surface area contributed by atoms with Gasteiger partial charge in [0.25, 0.3) is 0 Å². The van der Waals surface area contributed by atoms with Gasteiger partial charge in [-0.2, -0.15) is 0 Å². The molecule has 0 spiro atoms. The standard InChI is InChI=1S/C11H13NO2/c1-12-7-9(11(13)14)6-8-4-2-3-5-10(8)12/h2-5,9H,6-7H2,1H3,(H,13,14). The van der Waals surface area contributed by atoms with Crippen molar-refractivity contribution in [3.05, 3.63) is 29.8 Å². The molecule has 0 bridgehead atoms. The Balaban J connectivity index is 2.33. The van der Waals surface area contributed by atoms with Gasteiger partial charge in [-0.15, -0.1) is 0 Å². The molecule has 3 nitrogen and oxygen atoms in total. The highest BCUT2D eigenvalue weighted by Gasteiger charge is 2.26. The first kappa shape index (κ1) is 9.06. The van der Waals surface area contributed by atoms with Crippen LogP contribution in [-0.4, -0.2) is 24.7 Å². The van der Waals surface area contributed by atoms with Crippen LogP contribution in [0, 0.1) is 5.92 Å². The lowest BCUT2D eigenvalue weighted by Crippen LogP contribution is -2.36. The fourth-order valence-corrected chi connectivity index (χ4v) is 1.98. The molecule has 0 aromatic heterocycles. The van der Waals surface area contributed by atoms with Crippen LogP contribution in [0.15, 0.2) is 24.3 Å². The van der Waals surface area contributed by atoms with Gasteiger partial charge in [0.2, 0.25) is 0 Å². The fourth-order valence-electron chi connectivity index (χ4n) is 1.98. The summed E-state index contributed by atoms with van der Waals surface area (Å²) in [6.45, 7) is 0.604. The number of para-hydroxylation sites is 1. The molecule has 14 heavy (non-hydrogen) atoms. The molecule has 0 saturated heterocycles. The van der Waals surface area contributed by atoms with Crippen LogP contribution in [0.4, 0.5) is 5.69 Å². The maximum Gasteiger partial charge on any atom is 0.308 e. The SMILES string of the molecule is CN1CC(C(=O)O)Cc2ccccc21. The van der Waals surface area contributed by atoms with E-state index < -0.39 is 5.97 Å². The zero-order valence-corrected chi connectivity index (χ0v) is 8.10. The lowest BCUT2D eigenvalue weighted by atomic mass is 9.93. The third-order valence-electron chi connectivity index (χ3n) is 2.71. The highest BCUT2D eigenvalue weighted by Crippen LogP contribution is 2.28. The van der Waals surface area contributed by atoms with Crippen molar-refractivity contribution in [2.75, 3.05) is 18.5 Å². The Labute approximate surface area is 83.0 Å². The zero-order chi connectivity index (χ0) is 10.1. The summed E-state index contributed by atoms with van der Waals surface area (Å²) in [5, 5.41) is 8.95. The second-order valence-electron chi connectivity index (χ2n) is 3.75. The number of carboxylic acids is 1. The summed E-state index contributed by atoms with van der Waals surface area (Å²) in [6.07, 6.45) is 0.649. The summed E-state index contributed by atoms with van der Waals surface area (Å²) in [5.41, 5.74) is 2.29. The van der Waals surface area contributed by atoms with E-state index in [4.69, 9.17) is 5.11 Å². The van der Waals surface area contributed by atoms with E-state index in [1.165, 1.54) is 0 Å². The normalized spacial score (nSPS) is 20.4. The van der Waals surface area contributed by atoms with Crippen LogP contribution in [0.2, 0.25) is 0 Å². The van der Waals surface area contributed by atoms with Crippen LogP contribution in [-0.2, 0) is 11.2 Å². The van der Waals surface area contributed by atoms with Crippen molar-refractivity contribution >= 4 is 11.7 Å². The molecule has 1 aliphatic rings. The maximum atomic E-state index is 10.9. The number of carboxylic acid groups (broad SMARTS) is 1. The molecule has 1 atom stereocenters. The predicted molar refractivity (Wildman–Crippen MR) is 54.5 cm³/mol. The molecule has 1 N–H and O–H groups in total. The van der Waals surface area contributed by atoms with E-state index in [1.54, 1.807) is 0 Å². The van der Waals surface area contributed by atoms with Crippen molar-refractivity contribution in [3.8, 4) is 0 Å². The lowest BCUT2D eigenvalue weighted by Gasteiger charge is -2.31. The van der Waals surface area contributed by atoms with Crippen molar-refractivity contribution in [3.63, 3.8) is 0 Å². The zero-order valence-electron chi connectivity index (χ0n) is 8.10. The molecule has 3 heteroatoms. The maximum absolute atomic E-state index is 10.9. The van der Waals surface area contributed by atoms with Gasteiger partial charge in [0.15, 0.2) is 0 Å². The van der Waals surface area contributed by atoms with Gasteiger partial charge >= 0.3 is 5.97 Å². The number of nitrogens with zero attached hydrogens (tertiary/aromatic N) is 1. The van der Waals surface area contributed by atoms with Gasteiger partial charge in [0.1, 0.15) is 0 Å². The molecule has 2 rings (SSSR count). The second-order valence-corrected chi connectivity index (χ2v) is 3.75. The number of fused-ring (bicyclic) bond motifs is 1. The first-order chi connectivity index (χ1) is 6.68. The van der Waals surface area contributed by atoms with E-state index in [1.807, 2.05) is 36.2 Å². The van der Waals surface area contributed by atoms with Crippen LogP contribution in [0.3, 0.4) is 0 Å². The Morgan fingerprint density at radius 1 is 1.50 bits per heavy atom. The minimum absolute atomic E-state index is 0.269. The minimum atomic E-state index is -0.702. The molecule has 0 radical (unpaired) electrons. The Morgan fingerprint density at radius 2 is 2.21 bits per heavy atom. The van der Waals surface area contributed by atoms with Crippen LogP contribution in [0.1, 0.15) is 5.56 Å². The van der Waals surface area contributed by atoms with Gasteiger partial charge in [0, 0.05) is 19.3 Å². The van der Waals surface area contributed by atoms with E-state index in [2.05, 4.69) is 0 Å². The molecule has 1 aliphatic heterocycles. The van der Waals surface area contributed by atoms with Crippen LogP contribution in [0.5, 0.6) is 0 Å². The molecule has 1 unspecified atom stereocenters. The van der Waals surface area contributed by atoms with Crippen molar-refractivity contribution in [1.82, 2.24) is 0 Å². The summed E-state index contributed by atoms with van der Waals surface area (Å²) in [6, 6.07) is 7.97. The minimum Gasteiger partial charge on any atom is -0.481 e. The highest BCUT2D eigenvalue weighted by molar-refractivity contribution is 5.73. The average Bonchev–Trinajstić information content (AvgIpc) is 2.17. The second kappa shape index (κ2) is 3.33.